The molecule has 4 aromatic heterocycles. The molecule has 0 radical (unpaired) electrons. The minimum absolute atomic E-state index is 0.209. The molecule has 360 valence electrons. The average molecular weight is 941 g/mol. The summed E-state index contributed by atoms with van der Waals surface area (Å²) in [6, 6.07) is 17.8. The van der Waals surface area contributed by atoms with Crippen molar-refractivity contribution in [3.8, 4) is 17.0 Å². The van der Waals surface area contributed by atoms with Crippen LogP contribution in [0.4, 0.5) is 27.3 Å². The summed E-state index contributed by atoms with van der Waals surface area (Å²) in [6.45, 7) is 8.92. The summed E-state index contributed by atoms with van der Waals surface area (Å²) in [7, 11) is 5.13. The number of nitrogens with one attached hydrogen (secondary N) is 4. The number of imidazole rings is 2. The number of anilines is 4. The molecule has 1 saturated carbocycles. The standard InChI is InChI=1S/C49H57FN14O5/c1-51-38-23-43(57-64-42(25-53-46(38)64)48(67)55-37-22-34(37)50)54-36-6-4-5-33(45(36)69-3)35-9-7-29(24-52-35)26-59-15-13-30(14-16-59)62-27-32(28-62)61-19-17-60(18-20-61)31-8-10-39-41(21-31)58(2)49(68)63(39)40-11-12-44(65)56-47(40)66/h4-10,21,23-25,30,32,34,37,40,51H,11-20,22,26-28H2,1-3H3,(H,54,57)(H,55,67)(H,56,65,66)/t34-,37+,40?/m0/s1. The lowest BCUT2D eigenvalue weighted by atomic mass is 9.96. The van der Waals surface area contributed by atoms with Crippen LogP contribution in [0.15, 0.2) is 71.8 Å². The SMILES string of the molecule is CNc1cc(Nc2cccc(-c3ccc(CN4CCC(N5CC(N6CCN(c7ccc8c(c7)n(C)c(=O)n8C7CCC(=O)NC7=O)CC6)C5)CC4)cn3)c2OC)nn2c(C(=O)N[C@@H]3C[C@@H]3F)cnc12. The van der Waals surface area contributed by atoms with E-state index in [1.807, 2.05) is 42.6 Å². The third-order valence-corrected chi connectivity index (χ3v) is 14.7. The van der Waals surface area contributed by atoms with Crippen molar-refractivity contribution in [2.45, 2.75) is 69.0 Å². The Hall–Kier alpha value is -6.90. The van der Waals surface area contributed by atoms with Gasteiger partial charge >= 0.3 is 5.69 Å². The van der Waals surface area contributed by atoms with Gasteiger partial charge in [0, 0.05) is 108 Å². The zero-order valence-electron chi connectivity index (χ0n) is 39.0. The van der Waals surface area contributed by atoms with Crippen LogP contribution in [0.2, 0.25) is 0 Å². The molecule has 11 rings (SSSR count). The number of nitrogens with zero attached hydrogens (tertiary/aromatic N) is 10. The third kappa shape index (κ3) is 8.54. The summed E-state index contributed by atoms with van der Waals surface area (Å²) in [4.78, 5) is 70.1. The number of benzene rings is 2. The quantitative estimate of drug-likeness (QED) is 0.123. The molecule has 3 amide bonds. The number of hydrogen-bond acceptors (Lipinski definition) is 14. The predicted molar refractivity (Wildman–Crippen MR) is 259 cm³/mol. The van der Waals surface area contributed by atoms with E-state index in [4.69, 9.17) is 9.72 Å². The number of imide groups is 1. The Morgan fingerprint density at radius 2 is 1.68 bits per heavy atom. The second kappa shape index (κ2) is 18.2. The lowest BCUT2D eigenvalue weighted by molar-refractivity contribution is -0.135. The van der Waals surface area contributed by atoms with Crippen molar-refractivity contribution in [3.63, 3.8) is 0 Å². The average Bonchev–Trinajstić information content (AvgIpc) is 3.76. The van der Waals surface area contributed by atoms with Gasteiger partial charge < -0.3 is 25.6 Å². The number of aromatic nitrogens is 6. The largest absolute Gasteiger partial charge is 0.494 e. The number of carbonyl (C=O) groups is 3. The molecule has 4 saturated heterocycles. The van der Waals surface area contributed by atoms with Crippen LogP contribution in [0, 0.1) is 0 Å². The minimum Gasteiger partial charge on any atom is -0.494 e. The highest BCUT2D eigenvalue weighted by Crippen LogP contribution is 2.38. The van der Waals surface area contributed by atoms with Crippen LogP contribution in [0.3, 0.4) is 0 Å². The Morgan fingerprint density at radius 1 is 0.884 bits per heavy atom. The summed E-state index contributed by atoms with van der Waals surface area (Å²) >= 11 is 0. The maximum Gasteiger partial charge on any atom is 0.329 e. The number of methoxy groups -OCH3 is 1. The van der Waals surface area contributed by atoms with Gasteiger partial charge in [0.1, 0.15) is 12.2 Å². The van der Waals surface area contributed by atoms with Crippen molar-refractivity contribution in [2.24, 2.45) is 7.05 Å². The second-order valence-corrected chi connectivity index (χ2v) is 19.0. The molecule has 69 heavy (non-hydrogen) atoms. The van der Waals surface area contributed by atoms with Gasteiger partial charge in [-0.3, -0.25) is 48.5 Å². The molecule has 1 aliphatic carbocycles. The lowest BCUT2D eigenvalue weighted by Gasteiger charge is -2.52. The lowest BCUT2D eigenvalue weighted by Crippen LogP contribution is -2.65. The van der Waals surface area contributed by atoms with Crippen molar-refractivity contribution in [1.82, 2.24) is 54.0 Å². The molecule has 1 unspecified atom stereocenters. The van der Waals surface area contributed by atoms with Crippen LogP contribution in [-0.4, -0.2) is 152 Å². The zero-order valence-corrected chi connectivity index (χ0v) is 39.0. The Bertz CT molecular complexity index is 3000. The minimum atomic E-state index is -1.02. The molecule has 3 atom stereocenters. The highest BCUT2D eigenvalue weighted by atomic mass is 19.1. The van der Waals surface area contributed by atoms with Gasteiger partial charge in [-0.2, -0.15) is 0 Å². The van der Waals surface area contributed by atoms with Crippen molar-refractivity contribution < 1.29 is 23.5 Å². The van der Waals surface area contributed by atoms with Crippen LogP contribution in [0.1, 0.15) is 54.2 Å². The maximum absolute atomic E-state index is 13.6. The molecule has 5 aliphatic rings. The highest BCUT2D eigenvalue weighted by molar-refractivity contribution is 6.00. The first-order valence-corrected chi connectivity index (χ1v) is 23.9. The molecular weight excluding hydrogens is 884 g/mol. The van der Waals surface area contributed by atoms with E-state index in [2.05, 4.69) is 63.1 Å². The van der Waals surface area contributed by atoms with Gasteiger partial charge in [0.2, 0.25) is 11.8 Å². The molecule has 20 heteroatoms. The van der Waals surface area contributed by atoms with Crippen molar-refractivity contribution in [3.05, 3.63) is 88.7 Å². The molecule has 6 aromatic rings. The number of pyridine rings is 1. The van der Waals surface area contributed by atoms with E-state index in [-0.39, 0.29) is 23.7 Å². The molecule has 19 nitrogen and oxygen atoms in total. The summed E-state index contributed by atoms with van der Waals surface area (Å²) in [6.07, 6.45) is 5.51. The third-order valence-electron chi connectivity index (χ3n) is 14.7. The summed E-state index contributed by atoms with van der Waals surface area (Å²) in [5.41, 5.74) is 7.07. The fourth-order valence-electron chi connectivity index (χ4n) is 10.6. The maximum atomic E-state index is 13.6. The zero-order chi connectivity index (χ0) is 47.5. The van der Waals surface area contributed by atoms with Crippen molar-refractivity contribution in [1.29, 1.82) is 0 Å². The second-order valence-electron chi connectivity index (χ2n) is 19.0. The summed E-state index contributed by atoms with van der Waals surface area (Å²) in [5.74, 6) is -0.104. The molecule has 0 bridgehead atoms. The first kappa shape index (κ1) is 44.6. The molecule has 0 spiro atoms. The fraction of sp³-hybridized carbons (Fsp3) is 0.449. The number of aryl methyl sites for hydroxylation is 1. The molecular formula is C49H57FN14O5. The van der Waals surface area contributed by atoms with Gasteiger partial charge in [0.25, 0.3) is 5.91 Å². The van der Waals surface area contributed by atoms with Crippen molar-refractivity contribution in [2.75, 3.05) is 82.0 Å². The number of hydrogen-bond donors (Lipinski definition) is 4. The van der Waals surface area contributed by atoms with Gasteiger partial charge in [-0.15, -0.1) is 5.10 Å². The Labute approximate surface area is 397 Å². The van der Waals surface area contributed by atoms with Crippen LogP contribution in [0.25, 0.3) is 27.9 Å². The molecule has 4 aliphatic heterocycles. The number of ether oxygens (including phenoxy) is 1. The van der Waals surface area contributed by atoms with E-state index in [1.165, 1.54) is 15.3 Å². The normalized spacial score (nSPS) is 21.9. The Morgan fingerprint density at radius 3 is 2.39 bits per heavy atom. The highest BCUT2D eigenvalue weighted by Gasteiger charge is 2.40. The monoisotopic (exact) mass is 940 g/mol. The predicted octanol–water partition coefficient (Wildman–Crippen LogP) is 3.53. The summed E-state index contributed by atoms with van der Waals surface area (Å²) in [5, 5.41) is 16.3. The number of halogens is 1. The number of amides is 3. The number of likely N-dealkylation sites (tertiary alicyclic amines) is 2. The molecule has 2 aromatic carbocycles. The van der Waals surface area contributed by atoms with Crippen LogP contribution < -0.4 is 36.6 Å². The number of rotatable bonds is 13. The van der Waals surface area contributed by atoms with Crippen molar-refractivity contribution >= 4 is 57.3 Å². The van der Waals surface area contributed by atoms with Crippen LogP contribution in [0.5, 0.6) is 5.75 Å². The van der Waals surface area contributed by atoms with Gasteiger partial charge in [-0.1, -0.05) is 12.1 Å². The van der Waals surface area contributed by atoms with Crippen LogP contribution in [-0.2, 0) is 23.2 Å². The Balaban J connectivity index is 0.658. The first-order valence-electron chi connectivity index (χ1n) is 23.9. The number of carbonyl (C=O) groups excluding carboxylic acids is 3. The van der Waals surface area contributed by atoms with Gasteiger partial charge in [0.15, 0.2) is 22.9 Å². The fourth-order valence-corrected chi connectivity index (χ4v) is 10.6. The summed E-state index contributed by atoms with van der Waals surface area (Å²) < 4.78 is 24.1. The van der Waals surface area contributed by atoms with E-state index in [1.54, 1.807) is 31.8 Å². The van der Waals surface area contributed by atoms with Gasteiger partial charge in [0.05, 0.1) is 47.5 Å². The molecule has 5 fully saturated rings. The van der Waals surface area contributed by atoms with E-state index >= 15 is 0 Å². The number of fused-ring (bicyclic) bond motifs is 2. The van der Waals surface area contributed by atoms with Gasteiger partial charge in [-0.25, -0.2) is 18.7 Å². The number of piperidine rings is 2. The number of alkyl halides is 1. The van der Waals surface area contributed by atoms with E-state index < -0.39 is 30.1 Å². The van der Waals surface area contributed by atoms with Crippen LogP contribution >= 0.6 is 0 Å². The Kier molecular flexibility index (Phi) is 11.8. The smallest absolute Gasteiger partial charge is 0.329 e. The van der Waals surface area contributed by atoms with E-state index in [0.717, 1.165) is 99.8 Å². The van der Waals surface area contributed by atoms with Gasteiger partial charge in [-0.05, 0) is 74.3 Å². The number of para-hydroxylation sites is 1. The molecule has 8 heterocycles. The topological polar surface area (TPSA) is 192 Å². The van der Waals surface area contributed by atoms with E-state index in [0.29, 0.717) is 59.0 Å². The molecule has 4 N–H and O–H groups in total. The first-order chi connectivity index (χ1) is 33.5. The number of piperazine rings is 1. The van der Waals surface area contributed by atoms with E-state index in [9.17, 15) is 23.6 Å².